The molecule has 0 aliphatic carbocycles. The van der Waals surface area contributed by atoms with Gasteiger partial charge in [0.25, 0.3) is 0 Å². The number of amides is 1. The molecular formula is C33H38ClN7O3. The lowest BCUT2D eigenvalue weighted by atomic mass is 10.0. The summed E-state index contributed by atoms with van der Waals surface area (Å²) in [5.41, 5.74) is 3.08. The van der Waals surface area contributed by atoms with E-state index in [4.69, 9.17) is 37.6 Å². The SMILES string of the molecule is [C-]#[N+]C[C@H]1CN(c2nc(O[C@@H](C)CN(C)C3COC3)nc3c2CCN(c2cccc4cccc(Cl)c24)C3)CCN1C(=O)C=C. The average molecular weight is 616 g/mol. The van der Waals surface area contributed by atoms with Crippen LogP contribution in [0.25, 0.3) is 15.6 Å². The molecule has 230 valence electrons. The molecule has 0 unspecified atom stereocenters. The van der Waals surface area contributed by atoms with Crippen LogP contribution >= 0.6 is 11.6 Å². The number of halogens is 1. The zero-order valence-corrected chi connectivity index (χ0v) is 26.0. The maximum Gasteiger partial charge on any atom is 0.318 e. The summed E-state index contributed by atoms with van der Waals surface area (Å²) in [6.45, 7) is 18.6. The normalized spacial score (nSPS) is 19.3. The van der Waals surface area contributed by atoms with Crippen LogP contribution in [0.3, 0.4) is 0 Å². The number of piperazine rings is 1. The Morgan fingerprint density at radius 1 is 1.23 bits per heavy atom. The summed E-state index contributed by atoms with van der Waals surface area (Å²) in [6.07, 6.45) is 1.93. The fourth-order valence-corrected chi connectivity index (χ4v) is 6.69. The number of ether oxygens (including phenoxy) is 2. The highest BCUT2D eigenvalue weighted by Gasteiger charge is 2.35. The average Bonchev–Trinajstić information content (AvgIpc) is 2.99. The van der Waals surface area contributed by atoms with Gasteiger partial charge in [-0.05, 0) is 44.0 Å². The van der Waals surface area contributed by atoms with E-state index in [2.05, 4.69) is 57.4 Å². The lowest BCUT2D eigenvalue weighted by Crippen LogP contribution is -2.56. The van der Waals surface area contributed by atoms with Crippen LogP contribution in [0.1, 0.15) is 18.2 Å². The lowest BCUT2D eigenvalue weighted by molar-refractivity contribution is -0.128. The van der Waals surface area contributed by atoms with Crippen molar-refractivity contribution < 1.29 is 14.3 Å². The van der Waals surface area contributed by atoms with E-state index in [1.165, 1.54) is 6.08 Å². The molecule has 0 spiro atoms. The van der Waals surface area contributed by atoms with Crippen molar-refractivity contribution in [2.45, 2.75) is 38.1 Å². The summed E-state index contributed by atoms with van der Waals surface area (Å²) in [4.78, 5) is 34.7. The third kappa shape index (κ3) is 6.05. The summed E-state index contributed by atoms with van der Waals surface area (Å²) in [5, 5.41) is 2.86. The third-order valence-corrected chi connectivity index (χ3v) is 9.15. The van der Waals surface area contributed by atoms with Crippen LogP contribution in [0.5, 0.6) is 6.01 Å². The molecular weight excluding hydrogens is 578 g/mol. The second-order valence-electron chi connectivity index (χ2n) is 11.8. The van der Waals surface area contributed by atoms with Gasteiger partial charge in [-0.3, -0.25) is 9.69 Å². The maximum absolute atomic E-state index is 12.6. The number of benzene rings is 2. The van der Waals surface area contributed by atoms with Crippen molar-refractivity contribution in [2.75, 3.05) is 69.3 Å². The predicted molar refractivity (Wildman–Crippen MR) is 172 cm³/mol. The summed E-state index contributed by atoms with van der Waals surface area (Å²) in [5.74, 6) is 0.681. The van der Waals surface area contributed by atoms with Crippen LogP contribution in [0.4, 0.5) is 11.5 Å². The first-order chi connectivity index (χ1) is 21.4. The number of rotatable bonds is 9. The molecule has 0 radical (unpaired) electrons. The summed E-state index contributed by atoms with van der Waals surface area (Å²) < 4.78 is 11.7. The minimum absolute atomic E-state index is 0.139. The highest BCUT2D eigenvalue weighted by Crippen LogP contribution is 2.37. The van der Waals surface area contributed by atoms with E-state index in [1.54, 1.807) is 4.90 Å². The fraction of sp³-hybridized carbons (Fsp3) is 0.455. The first-order valence-electron chi connectivity index (χ1n) is 15.1. The van der Waals surface area contributed by atoms with Crippen molar-refractivity contribution in [3.8, 4) is 6.01 Å². The predicted octanol–water partition coefficient (Wildman–Crippen LogP) is 4.07. The quantitative estimate of drug-likeness (QED) is 0.263. The van der Waals surface area contributed by atoms with E-state index in [9.17, 15) is 4.79 Å². The Kier molecular flexibility index (Phi) is 8.89. The van der Waals surface area contributed by atoms with Gasteiger partial charge < -0.3 is 29.0 Å². The number of carbonyl (C=O) groups excluding carboxylic acids is 1. The topological polar surface area (TPSA) is 78.6 Å². The second-order valence-corrected chi connectivity index (χ2v) is 12.2. The molecule has 3 aliphatic rings. The van der Waals surface area contributed by atoms with Gasteiger partial charge >= 0.3 is 6.01 Å². The molecule has 2 atom stereocenters. The maximum atomic E-state index is 12.6. The van der Waals surface area contributed by atoms with Gasteiger partial charge in [0.1, 0.15) is 18.0 Å². The van der Waals surface area contributed by atoms with Crippen LogP contribution in [0.2, 0.25) is 5.02 Å². The van der Waals surface area contributed by atoms with Gasteiger partial charge in [0.05, 0.1) is 36.5 Å². The molecule has 0 bridgehead atoms. The Bertz CT molecular complexity index is 1580. The second kappa shape index (κ2) is 13.0. The van der Waals surface area contributed by atoms with Crippen molar-refractivity contribution in [3.63, 3.8) is 0 Å². The Morgan fingerprint density at radius 3 is 2.75 bits per heavy atom. The van der Waals surface area contributed by atoms with Gasteiger partial charge in [-0.25, -0.2) is 6.57 Å². The van der Waals surface area contributed by atoms with E-state index in [0.717, 1.165) is 71.3 Å². The van der Waals surface area contributed by atoms with Crippen molar-refractivity contribution in [3.05, 3.63) is 76.8 Å². The van der Waals surface area contributed by atoms with Crippen molar-refractivity contribution in [1.29, 1.82) is 0 Å². The first-order valence-corrected chi connectivity index (χ1v) is 15.5. The molecule has 10 nitrogen and oxygen atoms in total. The molecule has 44 heavy (non-hydrogen) atoms. The molecule has 2 fully saturated rings. The molecule has 11 heteroatoms. The lowest BCUT2D eigenvalue weighted by Gasteiger charge is -2.41. The smallest absolute Gasteiger partial charge is 0.318 e. The van der Waals surface area contributed by atoms with Gasteiger partial charge in [-0.15, -0.1) is 0 Å². The molecule has 2 saturated heterocycles. The minimum Gasteiger partial charge on any atom is -0.459 e. The summed E-state index contributed by atoms with van der Waals surface area (Å²) >= 11 is 6.71. The van der Waals surface area contributed by atoms with E-state index >= 15 is 0 Å². The number of fused-ring (bicyclic) bond motifs is 2. The highest BCUT2D eigenvalue weighted by molar-refractivity contribution is 6.36. The van der Waals surface area contributed by atoms with Crippen molar-refractivity contribution in [1.82, 2.24) is 19.8 Å². The summed E-state index contributed by atoms with van der Waals surface area (Å²) in [7, 11) is 2.08. The van der Waals surface area contributed by atoms with Crippen LogP contribution in [-0.4, -0.2) is 103 Å². The van der Waals surface area contributed by atoms with E-state index in [0.29, 0.717) is 38.2 Å². The standard InChI is InChI=1S/C33H38ClN7O3/c1-5-30(42)41-15-14-40(18-24(41)16-35-3)32-26-12-13-39(29-11-7-9-23-8-6-10-27(34)31(23)29)19-28(26)36-33(37-32)44-22(2)17-38(4)25-20-43-21-25/h5-11,22,24-25H,1,12-21H2,2,4H3/t22-,24-/m0/s1. The fourth-order valence-electron chi connectivity index (χ4n) is 6.41. The van der Waals surface area contributed by atoms with Crippen LogP contribution in [-0.2, 0) is 22.5 Å². The van der Waals surface area contributed by atoms with Gasteiger partial charge in [-0.1, -0.05) is 42.4 Å². The van der Waals surface area contributed by atoms with Gasteiger partial charge in [0, 0.05) is 49.4 Å². The molecule has 0 saturated carbocycles. The zero-order chi connectivity index (χ0) is 30.8. The number of nitrogens with zero attached hydrogens (tertiary/aromatic N) is 7. The molecule has 4 heterocycles. The van der Waals surface area contributed by atoms with Gasteiger partial charge in [-0.2, -0.15) is 9.97 Å². The zero-order valence-electron chi connectivity index (χ0n) is 25.3. The van der Waals surface area contributed by atoms with E-state index in [1.807, 2.05) is 19.1 Å². The largest absolute Gasteiger partial charge is 0.459 e. The Labute approximate surface area is 263 Å². The van der Waals surface area contributed by atoms with Crippen molar-refractivity contribution >= 4 is 39.8 Å². The first kappa shape index (κ1) is 30.1. The summed E-state index contributed by atoms with van der Waals surface area (Å²) in [6, 6.07) is 12.7. The van der Waals surface area contributed by atoms with Gasteiger partial charge in [0.2, 0.25) is 12.5 Å². The molecule has 1 aromatic heterocycles. The number of hydrogen-bond acceptors (Lipinski definition) is 8. The molecule has 2 aromatic carbocycles. The molecule has 6 rings (SSSR count). The van der Waals surface area contributed by atoms with E-state index in [-0.39, 0.29) is 24.6 Å². The molecule has 1 amide bonds. The number of likely N-dealkylation sites (N-methyl/N-ethyl adjacent to an activating group) is 1. The Morgan fingerprint density at radius 2 is 2.02 bits per heavy atom. The van der Waals surface area contributed by atoms with Crippen LogP contribution in [0, 0.1) is 6.57 Å². The Balaban J connectivity index is 1.33. The molecule has 0 N–H and O–H groups in total. The molecule has 3 aliphatic heterocycles. The third-order valence-electron chi connectivity index (χ3n) is 8.83. The van der Waals surface area contributed by atoms with E-state index < -0.39 is 0 Å². The van der Waals surface area contributed by atoms with Crippen molar-refractivity contribution in [2.24, 2.45) is 0 Å². The number of anilines is 2. The Hall–Kier alpha value is -3.91. The van der Waals surface area contributed by atoms with Gasteiger partial charge in [0.15, 0.2) is 0 Å². The number of hydrogen-bond donors (Lipinski definition) is 0. The monoisotopic (exact) mass is 615 g/mol. The highest BCUT2D eigenvalue weighted by atomic mass is 35.5. The van der Waals surface area contributed by atoms with Crippen LogP contribution in [0.15, 0.2) is 49.1 Å². The minimum atomic E-state index is -0.253. The number of aromatic nitrogens is 2. The number of carbonyl (C=O) groups is 1. The molecule has 3 aromatic rings. The van der Waals surface area contributed by atoms with Crippen LogP contribution < -0.4 is 14.5 Å².